The summed E-state index contributed by atoms with van der Waals surface area (Å²) in [6.07, 6.45) is 2.51. The zero-order chi connectivity index (χ0) is 16.5. The molecule has 0 aliphatic carbocycles. The fourth-order valence-corrected chi connectivity index (χ4v) is 1.28. The minimum Gasteiger partial charge on any atom is -0.477 e. The first-order chi connectivity index (χ1) is 10.5. The van der Waals surface area contributed by atoms with E-state index in [1.807, 2.05) is 13.8 Å². The summed E-state index contributed by atoms with van der Waals surface area (Å²) in [7, 11) is 0. The minimum atomic E-state index is -2.95. The average Bonchev–Trinajstić information content (AvgIpc) is 2.51. The van der Waals surface area contributed by atoms with Crippen molar-refractivity contribution in [2.45, 2.75) is 20.5 Å². The largest absolute Gasteiger partial charge is 0.477 e. The number of aromatic nitrogens is 3. The lowest BCUT2D eigenvalue weighted by molar-refractivity contribution is -0.0528. The number of nitrogens with zero attached hydrogens (tertiary/aromatic N) is 3. The normalized spacial score (nSPS) is 9.68. The predicted molar refractivity (Wildman–Crippen MR) is 74.5 cm³/mol. The number of alkyl halides is 2. The molecule has 9 heteroatoms. The van der Waals surface area contributed by atoms with Gasteiger partial charge in [-0.1, -0.05) is 13.8 Å². The Morgan fingerprint density at radius 3 is 2.55 bits per heavy atom. The predicted octanol–water partition coefficient (Wildman–Crippen LogP) is 2.94. The summed E-state index contributed by atoms with van der Waals surface area (Å²) in [5, 5.41) is 11.5. The molecule has 0 atom stereocenters. The second-order valence-corrected chi connectivity index (χ2v) is 3.46. The van der Waals surface area contributed by atoms with Gasteiger partial charge in [0, 0.05) is 12.3 Å². The van der Waals surface area contributed by atoms with Gasteiger partial charge in [0.25, 0.3) is 0 Å². The van der Waals surface area contributed by atoms with Crippen LogP contribution in [0.25, 0.3) is 0 Å². The smallest absolute Gasteiger partial charge is 0.388 e. The summed E-state index contributed by atoms with van der Waals surface area (Å²) in [4.78, 5) is 21.9. The molecule has 0 radical (unpaired) electrons. The second-order valence-electron chi connectivity index (χ2n) is 3.46. The van der Waals surface area contributed by atoms with Crippen LogP contribution >= 0.6 is 0 Å². The first-order valence-corrected chi connectivity index (χ1v) is 6.29. The van der Waals surface area contributed by atoms with E-state index >= 15 is 0 Å². The third kappa shape index (κ3) is 5.27. The first-order valence-electron chi connectivity index (χ1n) is 6.29. The molecule has 0 bridgehead atoms. The van der Waals surface area contributed by atoms with E-state index in [1.165, 1.54) is 30.6 Å². The monoisotopic (exact) mass is 312 g/mol. The lowest BCUT2D eigenvalue weighted by Gasteiger charge is -2.06. The standard InChI is InChI=1S/C11H8F2N4O3.C2H6/c12-10(13)20-8-2-1-6(5-15-8)16-11-14-4-3-7(17-11)9(18)19;1-2/h1-5,10H,(H,18,19)(H,14,16,17);1-2H3. The number of hydrogen-bond acceptors (Lipinski definition) is 6. The van der Waals surface area contributed by atoms with Gasteiger partial charge >= 0.3 is 12.6 Å². The van der Waals surface area contributed by atoms with Gasteiger partial charge in [-0.3, -0.25) is 0 Å². The summed E-state index contributed by atoms with van der Waals surface area (Å²) in [6, 6.07) is 3.89. The highest BCUT2D eigenvalue weighted by molar-refractivity contribution is 5.85. The summed E-state index contributed by atoms with van der Waals surface area (Å²) in [5.74, 6) is -1.37. The number of halogens is 2. The highest BCUT2D eigenvalue weighted by atomic mass is 19.3. The van der Waals surface area contributed by atoms with Crippen molar-refractivity contribution in [1.82, 2.24) is 15.0 Å². The van der Waals surface area contributed by atoms with Crippen LogP contribution in [-0.4, -0.2) is 32.6 Å². The molecule has 0 fully saturated rings. The highest BCUT2D eigenvalue weighted by Crippen LogP contribution is 2.16. The zero-order valence-corrected chi connectivity index (χ0v) is 11.8. The molecular formula is C13H14F2N4O3. The number of anilines is 2. The van der Waals surface area contributed by atoms with E-state index in [-0.39, 0.29) is 17.5 Å². The van der Waals surface area contributed by atoms with Crippen molar-refractivity contribution in [2.75, 3.05) is 5.32 Å². The van der Waals surface area contributed by atoms with Crippen LogP contribution in [0.2, 0.25) is 0 Å². The maximum absolute atomic E-state index is 11.9. The van der Waals surface area contributed by atoms with Crippen molar-refractivity contribution in [3.63, 3.8) is 0 Å². The lowest BCUT2D eigenvalue weighted by Crippen LogP contribution is -2.05. The minimum absolute atomic E-state index is 0.0502. The summed E-state index contributed by atoms with van der Waals surface area (Å²) in [6.45, 7) is 1.05. The van der Waals surface area contributed by atoms with Gasteiger partial charge in [-0.2, -0.15) is 8.78 Å². The number of nitrogens with one attached hydrogen (secondary N) is 1. The number of ether oxygens (including phenoxy) is 1. The van der Waals surface area contributed by atoms with E-state index in [1.54, 1.807) is 0 Å². The molecule has 2 aromatic rings. The first kappa shape index (κ1) is 17.2. The van der Waals surface area contributed by atoms with Crippen molar-refractivity contribution in [2.24, 2.45) is 0 Å². The van der Waals surface area contributed by atoms with E-state index in [0.717, 1.165) is 0 Å². The molecule has 0 aromatic carbocycles. The highest BCUT2D eigenvalue weighted by Gasteiger charge is 2.08. The van der Waals surface area contributed by atoms with Gasteiger partial charge in [-0.05, 0) is 12.1 Å². The molecule has 7 nitrogen and oxygen atoms in total. The van der Waals surface area contributed by atoms with Gasteiger partial charge in [0.1, 0.15) is 0 Å². The van der Waals surface area contributed by atoms with Gasteiger partial charge in [0.05, 0.1) is 11.9 Å². The fraction of sp³-hybridized carbons (Fsp3) is 0.231. The van der Waals surface area contributed by atoms with Crippen LogP contribution in [0.4, 0.5) is 20.4 Å². The molecular weight excluding hydrogens is 298 g/mol. The Labute approximate surface area is 125 Å². The van der Waals surface area contributed by atoms with Crippen molar-refractivity contribution < 1.29 is 23.4 Å². The zero-order valence-electron chi connectivity index (χ0n) is 11.8. The molecule has 0 aliphatic heterocycles. The van der Waals surface area contributed by atoms with Gasteiger partial charge in [0.2, 0.25) is 11.8 Å². The van der Waals surface area contributed by atoms with E-state index in [2.05, 4.69) is 25.0 Å². The SMILES string of the molecule is CC.O=C(O)c1ccnc(Nc2ccc(OC(F)F)nc2)n1. The molecule has 0 unspecified atom stereocenters. The van der Waals surface area contributed by atoms with Crippen LogP contribution in [0.3, 0.4) is 0 Å². The van der Waals surface area contributed by atoms with Crippen LogP contribution in [0.1, 0.15) is 24.3 Å². The van der Waals surface area contributed by atoms with Crippen molar-refractivity contribution in [1.29, 1.82) is 0 Å². The number of rotatable bonds is 5. The summed E-state index contributed by atoms with van der Waals surface area (Å²) in [5.41, 5.74) is 0.224. The van der Waals surface area contributed by atoms with Gasteiger partial charge < -0.3 is 15.2 Å². The summed E-state index contributed by atoms with van der Waals surface area (Å²) < 4.78 is 28.0. The van der Waals surface area contributed by atoms with E-state index in [9.17, 15) is 13.6 Å². The molecule has 22 heavy (non-hydrogen) atoms. The molecule has 0 saturated heterocycles. The Bertz CT molecular complexity index is 608. The molecule has 0 aliphatic rings. The quantitative estimate of drug-likeness (QED) is 0.876. The number of carboxylic acid groups (broad SMARTS) is 1. The number of carboxylic acids is 1. The summed E-state index contributed by atoms with van der Waals surface area (Å²) >= 11 is 0. The topological polar surface area (TPSA) is 97.2 Å². The maximum atomic E-state index is 11.9. The van der Waals surface area contributed by atoms with Crippen molar-refractivity contribution >= 4 is 17.6 Å². The average molecular weight is 312 g/mol. The van der Waals surface area contributed by atoms with Crippen LogP contribution in [0, 0.1) is 0 Å². The Kier molecular flexibility index (Phi) is 6.61. The Hall–Kier alpha value is -2.84. The van der Waals surface area contributed by atoms with Crippen molar-refractivity contribution in [3.05, 3.63) is 36.3 Å². The van der Waals surface area contributed by atoms with Crippen LogP contribution in [-0.2, 0) is 0 Å². The third-order valence-corrected chi connectivity index (χ3v) is 2.08. The molecule has 0 spiro atoms. The van der Waals surface area contributed by atoms with Gasteiger partial charge in [-0.15, -0.1) is 0 Å². The molecule has 0 amide bonds. The van der Waals surface area contributed by atoms with Crippen molar-refractivity contribution in [3.8, 4) is 5.88 Å². The Morgan fingerprint density at radius 2 is 2.00 bits per heavy atom. The molecule has 2 N–H and O–H groups in total. The Morgan fingerprint density at radius 1 is 1.27 bits per heavy atom. The molecule has 2 heterocycles. The number of pyridine rings is 1. The fourth-order valence-electron chi connectivity index (χ4n) is 1.28. The number of aromatic carboxylic acids is 1. The van der Waals surface area contributed by atoms with E-state index in [0.29, 0.717) is 5.69 Å². The van der Waals surface area contributed by atoms with E-state index < -0.39 is 12.6 Å². The van der Waals surface area contributed by atoms with Crippen LogP contribution < -0.4 is 10.1 Å². The van der Waals surface area contributed by atoms with Gasteiger partial charge in [0.15, 0.2) is 5.69 Å². The number of hydrogen-bond donors (Lipinski definition) is 2. The Balaban J connectivity index is 0.00000116. The molecule has 2 aromatic heterocycles. The van der Waals surface area contributed by atoms with E-state index in [4.69, 9.17) is 5.11 Å². The molecule has 0 saturated carbocycles. The van der Waals surface area contributed by atoms with Crippen LogP contribution in [0.5, 0.6) is 5.88 Å². The molecule has 2 rings (SSSR count). The molecule has 118 valence electrons. The second kappa shape index (κ2) is 8.45. The van der Waals surface area contributed by atoms with Gasteiger partial charge in [-0.25, -0.2) is 19.7 Å². The lowest BCUT2D eigenvalue weighted by atomic mass is 10.4. The maximum Gasteiger partial charge on any atom is 0.388 e. The number of carbonyl (C=O) groups is 1. The third-order valence-electron chi connectivity index (χ3n) is 2.08. The van der Waals surface area contributed by atoms with Crippen LogP contribution in [0.15, 0.2) is 30.6 Å².